The Bertz CT molecular complexity index is 392. The number of amides is 1. The van der Waals surface area contributed by atoms with Crippen LogP contribution in [0.5, 0.6) is 0 Å². The Morgan fingerprint density at radius 1 is 1.39 bits per heavy atom. The van der Waals surface area contributed by atoms with Crippen LogP contribution in [-0.2, 0) is 4.79 Å². The number of hydrogen-bond donors (Lipinski definition) is 1. The Kier molecular flexibility index (Phi) is 11.5. The van der Waals surface area contributed by atoms with Crippen molar-refractivity contribution in [3.05, 3.63) is 0 Å². The fourth-order valence-corrected chi connectivity index (χ4v) is 3.11. The summed E-state index contributed by atoms with van der Waals surface area (Å²) >= 11 is 1.55. The highest BCUT2D eigenvalue weighted by atomic mass is 32.2. The summed E-state index contributed by atoms with van der Waals surface area (Å²) in [4.78, 5) is 14.3. The quantitative estimate of drug-likeness (QED) is 0.785. The maximum absolute atomic E-state index is 12.3. The molecule has 4 heteroatoms. The van der Waals surface area contributed by atoms with Crippen LogP contribution in [0.15, 0.2) is 0 Å². The predicted octanol–water partition coefficient (Wildman–Crippen LogP) is 3.99. The SMILES string of the molecule is CC.CSC#CC1CCCN(C(=O)CNC(C)CC(C)(C)C)C1. The van der Waals surface area contributed by atoms with Gasteiger partial charge in [-0.3, -0.25) is 4.79 Å². The minimum atomic E-state index is 0.214. The Morgan fingerprint density at radius 2 is 2.04 bits per heavy atom. The number of rotatable bonds is 4. The van der Waals surface area contributed by atoms with Crippen molar-refractivity contribution in [2.75, 3.05) is 25.9 Å². The van der Waals surface area contributed by atoms with Crippen LogP contribution in [0.2, 0.25) is 0 Å². The molecule has 0 radical (unpaired) electrons. The summed E-state index contributed by atoms with van der Waals surface area (Å²) in [6.07, 6.45) is 5.24. The number of likely N-dealkylation sites (tertiary alicyclic amines) is 1. The van der Waals surface area contributed by atoms with E-state index >= 15 is 0 Å². The topological polar surface area (TPSA) is 32.3 Å². The van der Waals surface area contributed by atoms with Crippen LogP contribution in [0.4, 0.5) is 0 Å². The third-order valence-electron chi connectivity index (χ3n) is 3.66. The molecule has 23 heavy (non-hydrogen) atoms. The van der Waals surface area contributed by atoms with Gasteiger partial charge in [0.25, 0.3) is 0 Å². The molecule has 2 unspecified atom stereocenters. The molecule has 0 aromatic heterocycles. The first-order chi connectivity index (χ1) is 10.8. The summed E-state index contributed by atoms with van der Waals surface area (Å²) in [7, 11) is 0. The highest BCUT2D eigenvalue weighted by Crippen LogP contribution is 2.20. The molecule has 1 rings (SSSR count). The molecule has 0 spiro atoms. The van der Waals surface area contributed by atoms with E-state index in [0.717, 1.165) is 32.4 Å². The Labute approximate surface area is 148 Å². The van der Waals surface area contributed by atoms with Crippen LogP contribution in [0.1, 0.15) is 60.8 Å². The standard InChI is InChI=1S/C17H30N2OS.C2H6/c1-14(11-17(2,3)4)18-12-16(20)19-9-6-7-15(13-19)8-10-21-5;1-2/h14-15,18H,6-7,9,11-13H2,1-5H3;1-2H3. The lowest BCUT2D eigenvalue weighted by molar-refractivity contribution is -0.131. The van der Waals surface area contributed by atoms with Crippen molar-refractivity contribution >= 4 is 17.7 Å². The number of carbonyl (C=O) groups is 1. The van der Waals surface area contributed by atoms with E-state index < -0.39 is 0 Å². The molecule has 0 aromatic carbocycles. The number of hydrogen-bond acceptors (Lipinski definition) is 3. The normalized spacial score (nSPS) is 19.1. The predicted molar refractivity (Wildman–Crippen MR) is 103 cm³/mol. The van der Waals surface area contributed by atoms with Crippen LogP contribution in [0.3, 0.4) is 0 Å². The molecule has 1 amide bonds. The minimum absolute atomic E-state index is 0.214. The van der Waals surface area contributed by atoms with Crippen LogP contribution in [0, 0.1) is 22.5 Å². The van der Waals surface area contributed by atoms with E-state index in [9.17, 15) is 4.79 Å². The van der Waals surface area contributed by atoms with Gasteiger partial charge in [0, 0.05) is 25.0 Å². The smallest absolute Gasteiger partial charge is 0.236 e. The van der Waals surface area contributed by atoms with Crippen molar-refractivity contribution in [1.29, 1.82) is 0 Å². The second-order valence-corrected chi connectivity index (χ2v) is 7.79. The number of thioether (sulfide) groups is 1. The number of nitrogens with zero attached hydrogens (tertiary/aromatic N) is 1. The van der Waals surface area contributed by atoms with E-state index in [0.29, 0.717) is 23.9 Å². The second kappa shape index (κ2) is 11.8. The molecule has 0 saturated carbocycles. The molecule has 3 nitrogen and oxygen atoms in total. The molecule has 1 fully saturated rings. The molecule has 134 valence electrons. The van der Waals surface area contributed by atoms with E-state index in [1.54, 1.807) is 11.8 Å². The Hall–Kier alpha value is -0.660. The highest BCUT2D eigenvalue weighted by Gasteiger charge is 2.23. The molecule has 2 atom stereocenters. The van der Waals surface area contributed by atoms with Crippen molar-refractivity contribution < 1.29 is 4.79 Å². The highest BCUT2D eigenvalue weighted by molar-refractivity contribution is 8.03. The van der Waals surface area contributed by atoms with E-state index in [4.69, 9.17) is 0 Å². The van der Waals surface area contributed by atoms with Gasteiger partial charge in [0.2, 0.25) is 5.91 Å². The Balaban J connectivity index is 0.00000232. The molecule has 0 bridgehead atoms. The molecule has 0 aromatic rings. The first kappa shape index (κ1) is 22.3. The molecular formula is C19H36N2OS. The first-order valence-corrected chi connectivity index (χ1v) is 10.1. The van der Waals surface area contributed by atoms with Crippen molar-refractivity contribution in [2.45, 2.75) is 66.8 Å². The summed E-state index contributed by atoms with van der Waals surface area (Å²) in [5.41, 5.74) is 0.291. The van der Waals surface area contributed by atoms with Gasteiger partial charge >= 0.3 is 0 Å². The van der Waals surface area contributed by atoms with Gasteiger partial charge in [-0.15, -0.1) is 0 Å². The molecule has 1 N–H and O–H groups in total. The van der Waals surface area contributed by atoms with Crippen LogP contribution >= 0.6 is 11.8 Å². The Morgan fingerprint density at radius 3 is 2.61 bits per heavy atom. The van der Waals surface area contributed by atoms with E-state index in [1.807, 2.05) is 25.0 Å². The molecule has 0 aliphatic carbocycles. The summed E-state index contributed by atoms with van der Waals surface area (Å²) < 4.78 is 0. The van der Waals surface area contributed by atoms with Crippen molar-refractivity contribution in [2.24, 2.45) is 11.3 Å². The van der Waals surface area contributed by atoms with Crippen molar-refractivity contribution in [1.82, 2.24) is 10.2 Å². The van der Waals surface area contributed by atoms with Gasteiger partial charge in [0.05, 0.1) is 6.54 Å². The number of piperidine rings is 1. The van der Waals surface area contributed by atoms with Gasteiger partial charge in [-0.2, -0.15) is 0 Å². The number of carbonyl (C=O) groups excluding carboxylic acids is 1. The molecular weight excluding hydrogens is 304 g/mol. The van der Waals surface area contributed by atoms with Gasteiger partial charge in [-0.25, -0.2) is 0 Å². The van der Waals surface area contributed by atoms with Crippen molar-refractivity contribution in [3.63, 3.8) is 0 Å². The zero-order valence-electron chi connectivity index (χ0n) is 16.2. The van der Waals surface area contributed by atoms with Gasteiger partial charge in [-0.05, 0) is 43.1 Å². The third kappa shape index (κ3) is 10.7. The van der Waals surface area contributed by atoms with Gasteiger partial charge in [0.1, 0.15) is 0 Å². The van der Waals surface area contributed by atoms with E-state index in [2.05, 4.69) is 44.2 Å². The number of nitrogens with one attached hydrogen (secondary N) is 1. The fourth-order valence-electron chi connectivity index (χ4n) is 2.83. The van der Waals surface area contributed by atoms with Crippen LogP contribution in [-0.4, -0.2) is 42.7 Å². The summed E-state index contributed by atoms with van der Waals surface area (Å²) in [6.45, 7) is 15.0. The molecule has 1 saturated heterocycles. The van der Waals surface area contributed by atoms with Crippen LogP contribution < -0.4 is 5.32 Å². The first-order valence-electron chi connectivity index (χ1n) is 8.86. The average molecular weight is 341 g/mol. The minimum Gasteiger partial charge on any atom is -0.340 e. The third-order valence-corrected chi connectivity index (χ3v) is 3.98. The van der Waals surface area contributed by atoms with Gasteiger partial charge in [0.15, 0.2) is 0 Å². The van der Waals surface area contributed by atoms with Crippen LogP contribution in [0.25, 0.3) is 0 Å². The average Bonchev–Trinajstić information content (AvgIpc) is 2.51. The zero-order chi connectivity index (χ0) is 17.9. The summed E-state index contributed by atoms with van der Waals surface area (Å²) in [5, 5.41) is 6.43. The van der Waals surface area contributed by atoms with E-state index in [1.165, 1.54) is 0 Å². The maximum atomic E-state index is 12.3. The molecule has 1 aliphatic heterocycles. The van der Waals surface area contributed by atoms with E-state index in [-0.39, 0.29) is 5.91 Å². The largest absolute Gasteiger partial charge is 0.340 e. The summed E-state index contributed by atoms with van der Waals surface area (Å²) in [6, 6.07) is 0.367. The maximum Gasteiger partial charge on any atom is 0.236 e. The lowest BCUT2D eigenvalue weighted by Crippen LogP contribution is -2.45. The lowest BCUT2D eigenvalue weighted by Gasteiger charge is -2.31. The van der Waals surface area contributed by atoms with Gasteiger partial charge in [-0.1, -0.05) is 52.3 Å². The zero-order valence-corrected chi connectivity index (χ0v) is 17.0. The molecule has 1 heterocycles. The molecule has 1 aliphatic rings. The summed E-state index contributed by atoms with van der Waals surface area (Å²) in [5.74, 6) is 3.81. The van der Waals surface area contributed by atoms with Crippen molar-refractivity contribution in [3.8, 4) is 11.2 Å². The lowest BCUT2D eigenvalue weighted by atomic mass is 9.89. The second-order valence-electron chi connectivity index (χ2n) is 7.18. The monoisotopic (exact) mass is 340 g/mol. The van der Waals surface area contributed by atoms with Gasteiger partial charge < -0.3 is 10.2 Å². The fraction of sp³-hybridized carbons (Fsp3) is 0.842.